The third-order valence-corrected chi connectivity index (χ3v) is 14.0. The summed E-state index contributed by atoms with van der Waals surface area (Å²) >= 11 is 1.83. The molecule has 0 fully saturated rings. The van der Waals surface area contributed by atoms with Crippen LogP contribution in [0.4, 0.5) is 21.5 Å². The minimum absolute atomic E-state index is 0.374. The largest absolute Gasteiger partial charge is 0.310 e. The molecule has 65 heavy (non-hydrogen) atoms. The summed E-state index contributed by atoms with van der Waals surface area (Å²) in [5.74, 6) is -0.374. The predicted octanol–water partition coefficient (Wildman–Crippen LogP) is 16.6. The second-order valence-corrected chi connectivity index (χ2v) is 17.7. The molecule has 4 nitrogen and oxygen atoms in total. The summed E-state index contributed by atoms with van der Waals surface area (Å²) < 4.78 is 22.0. The summed E-state index contributed by atoms with van der Waals surface area (Å²) in [6.07, 6.45) is 3.00. The van der Waals surface area contributed by atoms with Crippen LogP contribution < -0.4 is 4.90 Å². The van der Waals surface area contributed by atoms with Gasteiger partial charge in [0.25, 0.3) is 0 Å². The first-order valence-corrected chi connectivity index (χ1v) is 22.6. The van der Waals surface area contributed by atoms with Crippen molar-refractivity contribution < 1.29 is 4.39 Å². The van der Waals surface area contributed by atoms with Crippen LogP contribution in [-0.4, -0.2) is 14.1 Å². The zero-order valence-electron chi connectivity index (χ0n) is 34.9. The summed E-state index contributed by atoms with van der Waals surface area (Å²) in [7, 11) is 0. The van der Waals surface area contributed by atoms with Gasteiger partial charge in [0, 0.05) is 70.5 Å². The first kappa shape index (κ1) is 37.3. The maximum atomic E-state index is 14.9. The van der Waals surface area contributed by atoms with Crippen molar-refractivity contribution in [1.29, 1.82) is 0 Å². The van der Waals surface area contributed by atoms with Crippen LogP contribution in [0.25, 0.3) is 97.4 Å². The number of aromatic nitrogens is 3. The fraction of sp³-hybridized carbons (Fsp3) is 0. The van der Waals surface area contributed by atoms with Crippen molar-refractivity contribution in [3.63, 3.8) is 0 Å². The van der Waals surface area contributed by atoms with Gasteiger partial charge < -0.3 is 14.0 Å². The van der Waals surface area contributed by atoms with Gasteiger partial charge in [-0.2, -0.15) is 0 Å². The van der Waals surface area contributed by atoms with E-state index in [1.807, 2.05) is 11.3 Å². The van der Waals surface area contributed by atoms with E-state index in [9.17, 15) is 4.39 Å². The van der Waals surface area contributed by atoms with Crippen LogP contribution in [-0.2, 0) is 0 Å². The molecule has 0 N–H and O–H groups in total. The Kier molecular flexibility index (Phi) is 8.54. The van der Waals surface area contributed by atoms with E-state index in [0.29, 0.717) is 5.69 Å². The molecule has 0 amide bonds. The van der Waals surface area contributed by atoms with Gasteiger partial charge in [0.15, 0.2) is 0 Å². The number of rotatable bonds is 7. The van der Waals surface area contributed by atoms with Crippen LogP contribution in [0.5, 0.6) is 0 Å². The van der Waals surface area contributed by atoms with E-state index < -0.39 is 0 Å². The smallest absolute Gasteiger partial charge is 0.143 e. The lowest BCUT2D eigenvalue weighted by Gasteiger charge is -2.26. The highest BCUT2D eigenvalue weighted by molar-refractivity contribution is 7.25. The number of anilines is 3. The maximum Gasteiger partial charge on any atom is 0.143 e. The van der Waals surface area contributed by atoms with Crippen molar-refractivity contribution in [3.8, 4) is 33.6 Å². The highest BCUT2D eigenvalue weighted by Gasteiger charge is 2.20. The monoisotopic (exact) mass is 852 g/mol. The van der Waals surface area contributed by atoms with Crippen LogP contribution >= 0.6 is 11.3 Å². The second-order valence-electron chi connectivity index (χ2n) is 16.6. The third-order valence-electron chi connectivity index (χ3n) is 12.8. The Hall–Kier alpha value is -8.32. The zero-order valence-corrected chi connectivity index (χ0v) is 35.8. The Balaban J connectivity index is 0.963. The highest BCUT2D eigenvalue weighted by atomic mass is 32.1. The van der Waals surface area contributed by atoms with E-state index in [1.165, 1.54) is 37.5 Å². The normalized spacial score (nSPS) is 11.8. The lowest BCUT2D eigenvalue weighted by molar-refractivity contribution is 0.620. The molecule has 0 aliphatic heterocycles. The molecular weight excluding hydrogens is 816 g/mol. The Morgan fingerprint density at radius 2 is 0.892 bits per heavy atom. The van der Waals surface area contributed by atoms with Crippen LogP contribution in [0, 0.1) is 5.82 Å². The topological polar surface area (TPSA) is 26.0 Å². The molecule has 4 aromatic heterocycles. The Morgan fingerprint density at radius 3 is 1.63 bits per heavy atom. The molecule has 0 aliphatic carbocycles. The van der Waals surface area contributed by atoms with Crippen molar-refractivity contribution in [1.82, 2.24) is 14.1 Å². The molecule has 0 saturated carbocycles. The van der Waals surface area contributed by atoms with Crippen LogP contribution in [0.3, 0.4) is 0 Å². The Labute approximate surface area is 377 Å². The van der Waals surface area contributed by atoms with Gasteiger partial charge in [0.05, 0.1) is 40.1 Å². The van der Waals surface area contributed by atoms with E-state index in [0.717, 1.165) is 77.5 Å². The molecular formula is C59H37FN4S. The van der Waals surface area contributed by atoms with Crippen molar-refractivity contribution in [2.75, 3.05) is 4.90 Å². The Morgan fingerprint density at radius 1 is 0.354 bits per heavy atom. The molecule has 0 bridgehead atoms. The molecule has 0 unspecified atom stereocenters. The summed E-state index contributed by atoms with van der Waals surface area (Å²) in [4.78, 5) is 6.63. The standard InChI is InChI=1S/C59H37FN4S/c60-42-32-47(37-61-36-42)64-55-30-23-41(31-51(55)53-35-56-52(34-57(53)64)48-15-7-9-17-54(48)63(56)43-13-5-2-6-14-43)40-21-26-45(27-22-40)62(44-24-19-39(20-25-44)38-11-3-1-4-12-38)46-28-29-50-49-16-8-10-18-58(49)65-59(50)33-46/h1-37H. The summed E-state index contributed by atoms with van der Waals surface area (Å²) in [6.45, 7) is 0. The zero-order chi connectivity index (χ0) is 43.0. The van der Waals surface area contributed by atoms with E-state index in [2.05, 4.69) is 225 Å². The molecule has 9 aromatic carbocycles. The number of thiophene rings is 1. The molecule has 0 atom stereocenters. The number of halogens is 1. The fourth-order valence-corrected chi connectivity index (χ4v) is 11.0. The van der Waals surface area contributed by atoms with E-state index in [-0.39, 0.29) is 5.82 Å². The van der Waals surface area contributed by atoms with E-state index in [4.69, 9.17) is 0 Å². The number of hydrogen-bond donors (Lipinski definition) is 0. The average Bonchev–Trinajstić information content (AvgIpc) is 4.01. The number of benzene rings is 9. The Bertz CT molecular complexity index is 3940. The number of fused-ring (bicyclic) bond motifs is 9. The van der Waals surface area contributed by atoms with Gasteiger partial charge in [-0.05, 0) is 107 Å². The first-order chi connectivity index (χ1) is 32.1. The number of pyridine rings is 1. The number of para-hydroxylation sites is 2. The van der Waals surface area contributed by atoms with Gasteiger partial charge in [0.2, 0.25) is 0 Å². The molecule has 306 valence electrons. The second kappa shape index (κ2) is 14.9. The van der Waals surface area contributed by atoms with Gasteiger partial charge in [-0.15, -0.1) is 11.3 Å². The molecule has 4 heterocycles. The lowest BCUT2D eigenvalue weighted by Crippen LogP contribution is -2.09. The summed E-state index contributed by atoms with van der Waals surface area (Å²) in [6, 6.07) is 75.6. The quantitative estimate of drug-likeness (QED) is 0.160. The highest BCUT2D eigenvalue weighted by Crippen LogP contribution is 2.43. The van der Waals surface area contributed by atoms with Gasteiger partial charge in [-0.1, -0.05) is 121 Å². The molecule has 6 heteroatoms. The first-order valence-electron chi connectivity index (χ1n) is 21.8. The summed E-state index contributed by atoms with van der Waals surface area (Å²) in [5, 5.41) is 7.01. The molecule has 0 radical (unpaired) electrons. The van der Waals surface area contributed by atoms with Gasteiger partial charge in [-0.3, -0.25) is 4.98 Å². The molecule has 13 rings (SSSR count). The van der Waals surface area contributed by atoms with Crippen molar-refractivity contribution >= 4 is 92.2 Å². The van der Waals surface area contributed by atoms with Crippen molar-refractivity contribution in [3.05, 3.63) is 231 Å². The maximum absolute atomic E-state index is 14.9. The third kappa shape index (κ3) is 6.14. The molecule has 0 aliphatic rings. The van der Waals surface area contributed by atoms with E-state index in [1.54, 1.807) is 12.3 Å². The lowest BCUT2D eigenvalue weighted by atomic mass is 10.0. The molecule has 0 saturated heterocycles. The predicted molar refractivity (Wildman–Crippen MR) is 271 cm³/mol. The van der Waals surface area contributed by atoms with Crippen LogP contribution in [0.15, 0.2) is 225 Å². The van der Waals surface area contributed by atoms with Crippen molar-refractivity contribution in [2.45, 2.75) is 0 Å². The fourth-order valence-electron chi connectivity index (χ4n) is 9.85. The van der Waals surface area contributed by atoms with Crippen LogP contribution in [0.2, 0.25) is 0 Å². The van der Waals surface area contributed by atoms with Gasteiger partial charge in [0.1, 0.15) is 5.82 Å². The molecule has 13 aromatic rings. The average molecular weight is 853 g/mol. The van der Waals surface area contributed by atoms with Gasteiger partial charge >= 0.3 is 0 Å². The van der Waals surface area contributed by atoms with Crippen molar-refractivity contribution in [2.24, 2.45) is 0 Å². The van der Waals surface area contributed by atoms with E-state index >= 15 is 0 Å². The number of hydrogen-bond acceptors (Lipinski definition) is 3. The number of nitrogens with zero attached hydrogens (tertiary/aromatic N) is 4. The van der Waals surface area contributed by atoms with Gasteiger partial charge in [-0.25, -0.2) is 4.39 Å². The molecule has 0 spiro atoms. The van der Waals surface area contributed by atoms with Crippen LogP contribution in [0.1, 0.15) is 0 Å². The minimum Gasteiger partial charge on any atom is -0.310 e. The summed E-state index contributed by atoms with van der Waals surface area (Å²) in [5.41, 5.74) is 13.8. The minimum atomic E-state index is -0.374. The SMILES string of the molecule is Fc1cncc(-n2c3ccc(-c4ccc(N(c5ccc(-c6ccccc6)cc5)c5ccc6c(c5)sc5ccccc56)cc4)cc3c3cc4c(cc32)c2ccccc2n4-c2ccccc2)c1.